The van der Waals surface area contributed by atoms with Crippen LogP contribution in [0.4, 0.5) is 5.00 Å². The summed E-state index contributed by atoms with van der Waals surface area (Å²) in [6.07, 6.45) is 1.36. The van der Waals surface area contributed by atoms with Gasteiger partial charge in [-0.1, -0.05) is 6.92 Å². The fourth-order valence-corrected chi connectivity index (χ4v) is 4.02. The summed E-state index contributed by atoms with van der Waals surface area (Å²) in [5.41, 5.74) is 6.34. The highest BCUT2D eigenvalue weighted by Gasteiger charge is 2.51. The van der Waals surface area contributed by atoms with Gasteiger partial charge >= 0.3 is 0 Å². The number of hydrogen-bond acceptors (Lipinski definition) is 5. The van der Waals surface area contributed by atoms with Gasteiger partial charge in [-0.25, -0.2) is 0 Å². The smallest absolute Gasteiger partial charge is 0.256 e. The van der Waals surface area contributed by atoms with Gasteiger partial charge in [-0.05, 0) is 19.8 Å². The van der Waals surface area contributed by atoms with E-state index in [4.69, 9.17) is 5.73 Å². The lowest BCUT2D eigenvalue weighted by molar-refractivity contribution is -0.157. The van der Waals surface area contributed by atoms with Gasteiger partial charge < -0.3 is 10.6 Å². The number of amides is 3. The molecule has 1 atom stereocenters. The summed E-state index contributed by atoms with van der Waals surface area (Å²) in [5, 5.41) is 2.37. The predicted octanol–water partition coefficient (Wildman–Crippen LogP) is 1.60. The number of imide groups is 1. The third kappa shape index (κ3) is 1.95. The zero-order chi connectivity index (χ0) is 16.1. The van der Waals surface area contributed by atoms with Crippen LogP contribution in [0.3, 0.4) is 0 Å². The maximum absolute atomic E-state index is 12.8. The van der Waals surface area contributed by atoms with E-state index in [0.717, 1.165) is 5.56 Å². The SMILES string of the molecule is CCCN1C(=O)CC[C@](C)(N2Cc3c(csc3N)C2=O)C1=O. The molecule has 2 N–H and O–H groups in total. The minimum atomic E-state index is -0.969. The molecule has 2 aliphatic rings. The molecule has 0 bridgehead atoms. The second kappa shape index (κ2) is 5.08. The van der Waals surface area contributed by atoms with E-state index in [2.05, 4.69) is 0 Å². The first kappa shape index (κ1) is 15.0. The fraction of sp³-hybridized carbons (Fsp3) is 0.533. The number of carbonyl (C=O) groups is 3. The summed E-state index contributed by atoms with van der Waals surface area (Å²) in [7, 11) is 0. The van der Waals surface area contributed by atoms with E-state index >= 15 is 0 Å². The molecule has 3 amide bonds. The summed E-state index contributed by atoms with van der Waals surface area (Å²) < 4.78 is 0. The van der Waals surface area contributed by atoms with Crippen LogP contribution >= 0.6 is 11.3 Å². The Balaban J connectivity index is 1.92. The molecular formula is C15H19N3O3S. The highest BCUT2D eigenvalue weighted by Crippen LogP contribution is 2.40. The Morgan fingerprint density at radius 3 is 2.73 bits per heavy atom. The van der Waals surface area contributed by atoms with Gasteiger partial charge in [-0.2, -0.15) is 0 Å². The number of nitrogens with two attached hydrogens (primary N) is 1. The molecule has 0 radical (unpaired) electrons. The van der Waals surface area contributed by atoms with Gasteiger partial charge in [0.25, 0.3) is 11.8 Å². The lowest BCUT2D eigenvalue weighted by Crippen LogP contribution is -2.62. The van der Waals surface area contributed by atoms with Gasteiger partial charge in [0.15, 0.2) is 0 Å². The van der Waals surface area contributed by atoms with Crippen molar-refractivity contribution in [3.05, 3.63) is 16.5 Å². The van der Waals surface area contributed by atoms with Crippen LogP contribution in [0.2, 0.25) is 0 Å². The monoisotopic (exact) mass is 321 g/mol. The molecule has 0 aliphatic carbocycles. The van der Waals surface area contributed by atoms with E-state index in [-0.39, 0.29) is 24.1 Å². The fourth-order valence-electron chi connectivity index (χ4n) is 3.21. The number of thiophene rings is 1. The zero-order valence-electron chi connectivity index (χ0n) is 12.7. The average molecular weight is 321 g/mol. The molecule has 3 heterocycles. The van der Waals surface area contributed by atoms with Gasteiger partial charge in [0.2, 0.25) is 5.91 Å². The van der Waals surface area contributed by atoms with Gasteiger partial charge in [0.1, 0.15) is 5.54 Å². The van der Waals surface area contributed by atoms with Crippen LogP contribution in [0.25, 0.3) is 0 Å². The highest BCUT2D eigenvalue weighted by atomic mass is 32.1. The molecule has 1 saturated heterocycles. The van der Waals surface area contributed by atoms with Crippen molar-refractivity contribution in [1.29, 1.82) is 0 Å². The van der Waals surface area contributed by atoms with Crippen LogP contribution < -0.4 is 5.73 Å². The number of nitrogen functional groups attached to an aromatic ring is 1. The lowest BCUT2D eigenvalue weighted by Gasteiger charge is -2.43. The Hall–Kier alpha value is -1.89. The van der Waals surface area contributed by atoms with Crippen molar-refractivity contribution in [3.63, 3.8) is 0 Å². The molecule has 6 nitrogen and oxygen atoms in total. The highest BCUT2D eigenvalue weighted by molar-refractivity contribution is 7.14. The van der Waals surface area contributed by atoms with Crippen LogP contribution in [0, 0.1) is 0 Å². The van der Waals surface area contributed by atoms with Crippen molar-refractivity contribution in [3.8, 4) is 0 Å². The summed E-state index contributed by atoms with van der Waals surface area (Å²) in [4.78, 5) is 40.3. The van der Waals surface area contributed by atoms with Gasteiger partial charge in [-0.3, -0.25) is 19.3 Å². The number of hydrogen-bond donors (Lipinski definition) is 1. The zero-order valence-corrected chi connectivity index (χ0v) is 13.5. The molecule has 1 fully saturated rings. The third-order valence-corrected chi connectivity index (χ3v) is 5.45. The predicted molar refractivity (Wildman–Crippen MR) is 83.3 cm³/mol. The number of anilines is 1. The third-order valence-electron chi connectivity index (χ3n) is 4.59. The molecule has 1 aromatic rings. The lowest BCUT2D eigenvalue weighted by atomic mass is 9.87. The molecule has 22 heavy (non-hydrogen) atoms. The maximum Gasteiger partial charge on any atom is 0.256 e. The first-order chi connectivity index (χ1) is 10.4. The molecule has 0 aromatic carbocycles. The molecule has 0 unspecified atom stereocenters. The van der Waals surface area contributed by atoms with Crippen LogP contribution in [-0.4, -0.2) is 39.6 Å². The number of rotatable bonds is 3. The van der Waals surface area contributed by atoms with Crippen molar-refractivity contribution in [2.24, 2.45) is 0 Å². The summed E-state index contributed by atoms with van der Waals surface area (Å²) in [6, 6.07) is 0. The van der Waals surface area contributed by atoms with E-state index in [1.807, 2.05) is 6.92 Å². The number of carbonyl (C=O) groups excluding carboxylic acids is 3. The van der Waals surface area contributed by atoms with E-state index in [1.54, 1.807) is 17.2 Å². The van der Waals surface area contributed by atoms with E-state index < -0.39 is 5.54 Å². The van der Waals surface area contributed by atoms with Crippen molar-refractivity contribution in [2.45, 2.75) is 45.2 Å². The molecule has 0 spiro atoms. The molecule has 0 saturated carbocycles. The second-order valence-electron chi connectivity index (χ2n) is 6.01. The Kier molecular flexibility index (Phi) is 3.47. The normalized spacial score (nSPS) is 25.1. The van der Waals surface area contributed by atoms with Crippen LogP contribution in [-0.2, 0) is 16.1 Å². The summed E-state index contributed by atoms with van der Waals surface area (Å²) in [6.45, 7) is 4.43. The second-order valence-corrected chi connectivity index (χ2v) is 6.92. The summed E-state index contributed by atoms with van der Waals surface area (Å²) >= 11 is 1.35. The van der Waals surface area contributed by atoms with E-state index in [9.17, 15) is 14.4 Å². The number of piperidine rings is 1. The quantitative estimate of drug-likeness (QED) is 0.857. The van der Waals surface area contributed by atoms with Crippen molar-refractivity contribution in [2.75, 3.05) is 12.3 Å². The largest absolute Gasteiger partial charge is 0.390 e. The Labute approximate surface area is 132 Å². The minimum Gasteiger partial charge on any atom is -0.390 e. The van der Waals surface area contributed by atoms with E-state index in [1.165, 1.54) is 16.2 Å². The number of nitrogens with zero attached hydrogens (tertiary/aromatic N) is 2. The first-order valence-corrected chi connectivity index (χ1v) is 8.30. The van der Waals surface area contributed by atoms with Crippen LogP contribution in [0.15, 0.2) is 5.38 Å². The average Bonchev–Trinajstić information content (AvgIpc) is 3.01. The molecule has 2 aliphatic heterocycles. The molecule has 1 aromatic heterocycles. The summed E-state index contributed by atoms with van der Waals surface area (Å²) in [5.74, 6) is -0.583. The molecular weight excluding hydrogens is 302 g/mol. The van der Waals surface area contributed by atoms with Crippen molar-refractivity contribution < 1.29 is 14.4 Å². The molecule has 3 rings (SSSR count). The Morgan fingerprint density at radius 2 is 2.09 bits per heavy atom. The number of fused-ring (bicyclic) bond motifs is 1. The maximum atomic E-state index is 12.8. The van der Waals surface area contributed by atoms with Crippen LogP contribution in [0.1, 0.15) is 49.0 Å². The Bertz CT molecular complexity index is 669. The van der Waals surface area contributed by atoms with Crippen LogP contribution in [0.5, 0.6) is 0 Å². The van der Waals surface area contributed by atoms with Gasteiger partial charge in [0.05, 0.1) is 17.1 Å². The first-order valence-electron chi connectivity index (χ1n) is 7.42. The molecule has 118 valence electrons. The number of likely N-dealkylation sites (tertiary alicyclic amines) is 1. The topological polar surface area (TPSA) is 83.7 Å². The standard InChI is InChI=1S/C15H19N3O3S/c1-3-6-17-11(19)4-5-15(2,14(17)21)18-7-9-10(13(18)20)8-22-12(9)16/h8H,3-7,16H2,1-2H3/t15-/m0/s1. The molecule has 7 heteroatoms. The van der Waals surface area contributed by atoms with Crippen molar-refractivity contribution in [1.82, 2.24) is 9.80 Å². The van der Waals surface area contributed by atoms with Gasteiger partial charge in [0, 0.05) is 23.9 Å². The van der Waals surface area contributed by atoms with Crippen molar-refractivity contribution >= 4 is 34.1 Å². The Morgan fingerprint density at radius 1 is 1.36 bits per heavy atom. The minimum absolute atomic E-state index is 0.148. The van der Waals surface area contributed by atoms with Gasteiger partial charge in [-0.15, -0.1) is 11.3 Å². The van der Waals surface area contributed by atoms with E-state index in [0.29, 0.717) is 36.5 Å².